The molecular formula is C22H19N5O2. The molecule has 0 spiro atoms. The number of anilines is 1. The molecule has 29 heavy (non-hydrogen) atoms. The van der Waals surface area contributed by atoms with Crippen LogP contribution in [0.4, 0.5) is 5.82 Å². The summed E-state index contributed by atoms with van der Waals surface area (Å²) in [5, 5.41) is 16.3. The van der Waals surface area contributed by atoms with Crippen molar-refractivity contribution < 1.29 is 9.59 Å². The van der Waals surface area contributed by atoms with Crippen molar-refractivity contribution in [3.63, 3.8) is 0 Å². The Morgan fingerprint density at radius 2 is 2.00 bits per heavy atom. The second kappa shape index (κ2) is 7.24. The Kier molecular flexibility index (Phi) is 4.61. The van der Waals surface area contributed by atoms with E-state index in [1.54, 1.807) is 24.3 Å². The van der Waals surface area contributed by atoms with Gasteiger partial charge in [-0.2, -0.15) is 10.4 Å². The van der Waals surface area contributed by atoms with Crippen molar-refractivity contribution in [2.24, 2.45) is 0 Å². The van der Waals surface area contributed by atoms with Crippen LogP contribution in [0.15, 0.2) is 48.7 Å². The maximum Gasteiger partial charge on any atom is 0.253 e. The molecule has 1 aliphatic rings. The van der Waals surface area contributed by atoms with E-state index in [9.17, 15) is 9.59 Å². The number of aromatic nitrogens is 2. The Morgan fingerprint density at radius 3 is 2.72 bits per heavy atom. The summed E-state index contributed by atoms with van der Waals surface area (Å²) in [5.41, 5.74) is 9.12. The molecule has 7 heteroatoms. The summed E-state index contributed by atoms with van der Waals surface area (Å²) < 4.78 is 1.41. The summed E-state index contributed by atoms with van der Waals surface area (Å²) in [6, 6.07) is 14.1. The number of rotatable bonds is 5. The summed E-state index contributed by atoms with van der Waals surface area (Å²) in [5.74, 6) is -0.377. The van der Waals surface area contributed by atoms with Crippen LogP contribution >= 0.6 is 0 Å². The molecule has 7 nitrogen and oxygen atoms in total. The molecule has 1 amide bonds. The van der Waals surface area contributed by atoms with Gasteiger partial charge in [0.15, 0.2) is 5.78 Å². The molecule has 3 N–H and O–H groups in total. The highest BCUT2D eigenvalue weighted by Gasteiger charge is 2.26. The average Bonchev–Trinajstić information content (AvgIpc) is 3.46. The maximum atomic E-state index is 12.9. The number of nitrogen functional groups attached to an aromatic ring is 1. The molecule has 0 unspecified atom stereocenters. The highest BCUT2D eigenvalue weighted by molar-refractivity contribution is 6.12. The van der Waals surface area contributed by atoms with Gasteiger partial charge in [-0.1, -0.05) is 18.2 Å². The van der Waals surface area contributed by atoms with Crippen LogP contribution in [0.2, 0.25) is 0 Å². The smallest absolute Gasteiger partial charge is 0.253 e. The lowest BCUT2D eigenvalue weighted by Gasteiger charge is -2.12. The predicted octanol–water partition coefficient (Wildman–Crippen LogP) is 2.76. The zero-order valence-electron chi connectivity index (χ0n) is 15.8. The molecule has 1 fully saturated rings. The average molecular weight is 385 g/mol. The van der Waals surface area contributed by atoms with Gasteiger partial charge in [-0.05, 0) is 49.6 Å². The largest absolute Gasteiger partial charge is 0.383 e. The van der Waals surface area contributed by atoms with E-state index in [0.717, 1.165) is 18.4 Å². The number of nitrogens with two attached hydrogens (primary N) is 1. The fourth-order valence-corrected chi connectivity index (χ4v) is 3.11. The van der Waals surface area contributed by atoms with Crippen molar-refractivity contribution in [1.29, 1.82) is 5.26 Å². The zero-order valence-corrected chi connectivity index (χ0v) is 15.8. The lowest BCUT2D eigenvalue weighted by atomic mass is 10.0. The summed E-state index contributed by atoms with van der Waals surface area (Å²) >= 11 is 0. The van der Waals surface area contributed by atoms with Crippen LogP contribution in [-0.4, -0.2) is 27.5 Å². The molecule has 4 rings (SSSR count). The molecule has 1 aliphatic carbocycles. The van der Waals surface area contributed by atoms with Gasteiger partial charge in [-0.15, -0.1) is 0 Å². The van der Waals surface area contributed by atoms with Gasteiger partial charge in [-0.3, -0.25) is 9.59 Å². The third-order valence-corrected chi connectivity index (χ3v) is 4.84. The number of ketones is 1. The lowest BCUT2D eigenvalue weighted by Crippen LogP contribution is -2.27. The van der Waals surface area contributed by atoms with Crippen LogP contribution in [0.3, 0.4) is 0 Å². The predicted molar refractivity (Wildman–Crippen MR) is 108 cm³/mol. The number of hydrogen-bond acceptors (Lipinski definition) is 5. The van der Waals surface area contributed by atoms with Gasteiger partial charge in [0.25, 0.3) is 5.91 Å². The number of benzene rings is 2. The molecule has 0 saturated heterocycles. The van der Waals surface area contributed by atoms with Crippen LogP contribution < -0.4 is 11.1 Å². The lowest BCUT2D eigenvalue weighted by molar-refractivity contribution is 0.0950. The van der Waals surface area contributed by atoms with Gasteiger partial charge >= 0.3 is 0 Å². The molecule has 0 aliphatic heterocycles. The van der Waals surface area contributed by atoms with Gasteiger partial charge < -0.3 is 11.1 Å². The van der Waals surface area contributed by atoms with E-state index in [1.807, 2.05) is 25.1 Å². The molecule has 1 saturated carbocycles. The number of nitrogens with one attached hydrogen (secondary N) is 1. The number of nitriles is 1. The van der Waals surface area contributed by atoms with Crippen molar-refractivity contribution in [3.05, 3.63) is 76.5 Å². The highest BCUT2D eigenvalue weighted by Crippen LogP contribution is 2.25. The van der Waals surface area contributed by atoms with Crippen molar-refractivity contribution in [2.75, 3.05) is 5.73 Å². The van der Waals surface area contributed by atoms with Gasteiger partial charge in [0.05, 0.1) is 34.6 Å². The number of hydrogen-bond donors (Lipinski definition) is 2. The van der Waals surface area contributed by atoms with E-state index < -0.39 is 0 Å². The third-order valence-electron chi connectivity index (χ3n) is 4.84. The molecule has 1 heterocycles. The SMILES string of the molecule is Cc1ccc(C(=O)NC2CC2)c(-n2ncc(C(=O)c3cccc(C#N)c3)c2N)c1. The topological polar surface area (TPSA) is 114 Å². The van der Waals surface area contributed by atoms with Gasteiger partial charge in [-0.25, -0.2) is 4.68 Å². The zero-order chi connectivity index (χ0) is 20.5. The minimum atomic E-state index is -0.331. The van der Waals surface area contributed by atoms with E-state index in [2.05, 4.69) is 10.4 Å². The Hall–Kier alpha value is -3.92. The molecule has 2 aromatic carbocycles. The third kappa shape index (κ3) is 3.60. The van der Waals surface area contributed by atoms with Crippen LogP contribution in [0.5, 0.6) is 0 Å². The molecule has 1 aromatic heterocycles. The molecule has 0 bridgehead atoms. The minimum Gasteiger partial charge on any atom is -0.383 e. The molecule has 0 radical (unpaired) electrons. The van der Waals surface area contributed by atoms with E-state index in [0.29, 0.717) is 22.4 Å². The van der Waals surface area contributed by atoms with E-state index in [4.69, 9.17) is 11.0 Å². The monoisotopic (exact) mass is 385 g/mol. The van der Waals surface area contributed by atoms with Crippen LogP contribution in [-0.2, 0) is 0 Å². The Bertz CT molecular complexity index is 1170. The molecule has 3 aromatic rings. The first-order chi connectivity index (χ1) is 14.0. The maximum absolute atomic E-state index is 12.9. The van der Waals surface area contributed by atoms with Crippen molar-refractivity contribution in [3.8, 4) is 11.8 Å². The summed E-state index contributed by atoms with van der Waals surface area (Å²) in [6.07, 6.45) is 3.36. The van der Waals surface area contributed by atoms with Gasteiger partial charge in [0, 0.05) is 11.6 Å². The number of carbonyl (C=O) groups is 2. The van der Waals surface area contributed by atoms with Crippen molar-refractivity contribution in [2.45, 2.75) is 25.8 Å². The fraction of sp³-hybridized carbons (Fsp3) is 0.182. The second-order valence-corrected chi connectivity index (χ2v) is 7.15. The van der Waals surface area contributed by atoms with Crippen LogP contribution in [0, 0.1) is 18.3 Å². The first-order valence-electron chi connectivity index (χ1n) is 9.28. The quantitative estimate of drug-likeness (QED) is 0.656. The van der Waals surface area contributed by atoms with Crippen molar-refractivity contribution >= 4 is 17.5 Å². The van der Waals surface area contributed by atoms with Crippen LogP contribution in [0.25, 0.3) is 5.69 Å². The number of aryl methyl sites for hydroxylation is 1. The molecular weight excluding hydrogens is 366 g/mol. The number of nitrogens with zero attached hydrogens (tertiary/aromatic N) is 3. The van der Waals surface area contributed by atoms with E-state index in [-0.39, 0.29) is 29.1 Å². The van der Waals surface area contributed by atoms with E-state index >= 15 is 0 Å². The van der Waals surface area contributed by atoms with Crippen LogP contribution in [0.1, 0.15) is 50.2 Å². The number of carbonyl (C=O) groups excluding carboxylic acids is 2. The van der Waals surface area contributed by atoms with Gasteiger partial charge in [0.1, 0.15) is 5.82 Å². The highest BCUT2D eigenvalue weighted by atomic mass is 16.1. The molecule has 144 valence electrons. The fourth-order valence-electron chi connectivity index (χ4n) is 3.11. The van der Waals surface area contributed by atoms with Crippen molar-refractivity contribution in [1.82, 2.24) is 15.1 Å². The standard InChI is InChI=1S/C22H19N5O2/c1-13-5-8-17(22(29)26-16-6-7-16)19(9-13)27-21(24)18(12-25-27)20(28)15-4-2-3-14(10-15)11-23/h2-5,8-10,12,16H,6-7,24H2,1H3,(H,26,29). The Balaban J connectivity index is 1.73. The molecule has 0 atom stereocenters. The summed E-state index contributed by atoms with van der Waals surface area (Å²) in [6.45, 7) is 1.91. The Labute approximate surface area is 167 Å². The van der Waals surface area contributed by atoms with E-state index in [1.165, 1.54) is 16.9 Å². The second-order valence-electron chi connectivity index (χ2n) is 7.15. The minimum absolute atomic E-state index is 0.142. The number of amides is 1. The summed E-state index contributed by atoms with van der Waals surface area (Å²) in [4.78, 5) is 25.6. The van der Waals surface area contributed by atoms with Gasteiger partial charge in [0.2, 0.25) is 0 Å². The normalized spacial score (nSPS) is 13.0. The summed E-state index contributed by atoms with van der Waals surface area (Å²) in [7, 11) is 0. The first kappa shape index (κ1) is 18.4. The Morgan fingerprint density at radius 1 is 1.21 bits per heavy atom. The first-order valence-corrected chi connectivity index (χ1v) is 9.28.